The first kappa shape index (κ1) is 21.5. The van der Waals surface area contributed by atoms with Gasteiger partial charge in [-0.25, -0.2) is 4.79 Å². The van der Waals surface area contributed by atoms with Gasteiger partial charge in [0.2, 0.25) is 0 Å². The van der Waals surface area contributed by atoms with Gasteiger partial charge in [-0.15, -0.1) is 11.3 Å². The van der Waals surface area contributed by atoms with E-state index in [2.05, 4.69) is 4.90 Å². The zero-order chi connectivity index (χ0) is 22.0. The van der Waals surface area contributed by atoms with E-state index < -0.39 is 0 Å². The second kappa shape index (κ2) is 9.16. The maximum Gasteiger partial charge on any atom is 0.340 e. The Morgan fingerprint density at radius 1 is 1.06 bits per heavy atom. The number of piperazine rings is 1. The van der Waals surface area contributed by atoms with Crippen LogP contribution < -0.4 is 0 Å². The van der Waals surface area contributed by atoms with Crippen LogP contribution in [0.5, 0.6) is 0 Å². The minimum absolute atomic E-state index is 0.102. The first-order valence-electron chi connectivity index (χ1n) is 10.6. The first-order valence-corrected chi connectivity index (χ1v) is 11.4. The fourth-order valence-electron chi connectivity index (χ4n) is 4.06. The van der Waals surface area contributed by atoms with Gasteiger partial charge in [-0.1, -0.05) is 18.2 Å². The van der Waals surface area contributed by atoms with Crippen molar-refractivity contribution >= 4 is 34.1 Å². The van der Waals surface area contributed by atoms with Crippen molar-refractivity contribution in [2.45, 2.75) is 27.3 Å². The number of fused-ring (bicyclic) bond motifs is 1. The number of carbonyl (C=O) groups excluding carboxylic acids is 2. The molecule has 0 radical (unpaired) electrons. The third-order valence-electron chi connectivity index (χ3n) is 5.69. The summed E-state index contributed by atoms with van der Waals surface area (Å²) in [6.07, 6.45) is 0. The van der Waals surface area contributed by atoms with E-state index >= 15 is 0 Å². The highest BCUT2D eigenvalue weighted by Crippen LogP contribution is 2.25. The van der Waals surface area contributed by atoms with Gasteiger partial charge in [0.05, 0.1) is 28.3 Å². The molecule has 2 aromatic heterocycles. The van der Waals surface area contributed by atoms with Crippen molar-refractivity contribution in [2.24, 2.45) is 0 Å². The first-order chi connectivity index (χ1) is 15.0. The fourth-order valence-corrected chi connectivity index (χ4v) is 4.89. The molecule has 1 aliphatic heterocycles. The second-order valence-electron chi connectivity index (χ2n) is 7.77. The molecule has 0 N–H and O–H groups in total. The number of aromatic nitrogens is 1. The molecule has 0 spiro atoms. The summed E-state index contributed by atoms with van der Waals surface area (Å²) < 4.78 is 5.34. The number of thiophene rings is 1. The number of amides is 1. The highest BCUT2D eigenvalue weighted by molar-refractivity contribution is 7.13. The lowest BCUT2D eigenvalue weighted by atomic mass is 10.0. The van der Waals surface area contributed by atoms with Crippen LogP contribution in [0.4, 0.5) is 0 Å². The van der Waals surface area contributed by atoms with Crippen molar-refractivity contribution in [3.05, 3.63) is 63.0 Å². The molecule has 0 unspecified atom stereocenters. The van der Waals surface area contributed by atoms with Gasteiger partial charge in [-0.05, 0) is 44.5 Å². The molecule has 7 heteroatoms. The van der Waals surface area contributed by atoms with Crippen molar-refractivity contribution in [2.75, 3.05) is 32.8 Å². The Labute approximate surface area is 186 Å². The number of para-hydroxylation sites is 1. The summed E-state index contributed by atoms with van der Waals surface area (Å²) >= 11 is 1.54. The van der Waals surface area contributed by atoms with Crippen molar-refractivity contribution in [1.29, 1.82) is 0 Å². The third kappa shape index (κ3) is 4.48. The molecule has 1 amide bonds. The molecule has 1 fully saturated rings. The number of nitrogens with zero attached hydrogens (tertiary/aromatic N) is 3. The Balaban J connectivity index is 1.53. The molecule has 0 saturated carbocycles. The molecule has 0 aliphatic carbocycles. The maximum atomic E-state index is 12.7. The molecule has 0 atom stereocenters. The molecule has 31 heavy (non-hydrogen) atoms. The molecular weight excluding hydrogens is 410 g/mol. The summed E-state index contributed by atoms with van der Waals surface area (Å²) in [5.41, 5.74) is 3.09. The van der Waals surface area contributed by atoms with Crippen LogP contribution in [0.3, 0.4) is 0 Å². The number of aryl methyl sites for hydroxylation is 2. The Morgan fingerprint density at radius 2 is 1.81 bits per heavy atom. The molecule has 3 aromatic rings. The number of ether oxygens (including phenoxy) is 1. The fraction of sp³-hybridized carbons (Fsp3) is 0.375. The van der Waals surface area contributed by atoms with E-state index in [4.69, 9.17) is 9.72 Å². The molecule has 1 saturated heterocycles. The summed E-state index contributed by atoms with van der Waals surface area (Å²) in [6, 6.07) is 11.8. The summed E-state index contributed by atoms with van der Waals surface area (Å²) in [5, 5.41) is 0.968. The third-order valence-corrected chi connectivity index (χ3v) is 6.68. The SMILES string of the molecule is CCOC(=O)c1c(CN2CCN(C(=O)c3ccc(C)s3)CC2)nc2ccccc2c1C. The molecule has 6 nitrogen and oxygen atoms in total. The van der Waals surface area contributed by atoms with E-state index in [0.29, 0.717) is 31.8 Å². The number of rotatable bonds is 5. The normalized spacial score (nSPS) is 14.7. The van der Waals surface area contributed by atoms with E-state index in [9.17, 15) is 9.59 Å². The van der Waals surface area contributed by atoms with Crippen molar-refractivity contribution in [3.8, 4) is 0 Å². The average Bonchev–Trinajstić information content (AvgIpc) is 3.20. The highest BCUT2D eigenvalue weighted by atomic mass is 32.1. The van der Waals surface area contributed by atoms with E-state index in [-0.39, 0.29) is 11.9 Å². The summed E-state index contributed by atoms with van der Waals surface area (Å²) in [6.45, 7) is 9.48. The Morgan fingerprint density at radius 3 is 2.48 bits per heavy atom. The molecule has 1 aromatic carbocycles. The van der Waals surface area contributed by atoms with Gasteiger partial charge >= 0.3 is 5.97 Å². The van der Waals surface area contributed by atoms with Gasteiger partial charge in [0.1, 0.15) is 0 Å². The second-order valence-corrected chi connectivity index (χ2v) is 9.06. The van der Waals surface area contributed by atoms with Crippen LogP contribution in [0.2, 0.25) is 0 Å². The summed E-state index contributed by atoms with van der Waals surface area (Å²) in [4.78, 5) is 36.4. The predicted molar refractivity (Wildman–Crippen MR) is 123 cm³/mol. The molecule has 0 bridgehead atoms. The summed E-state index contributed by atoms with van der Waals surface area (Å²) in [7, 11) is 0. The highest BCUT2D eigenvalue weighted by Gasteiger charge is 2.26. The average molecular weight is 438 g/mol. The van der Waals surface area contributed by atoms with Crippen LogP contribution in [-0.4, -0.2) is 59.4 Å². The van der Waals surface area contributed by atoms with Gasteiger partial charge in [0, 0.05) is 43.0 Å². The lowest BCUT2D eigenvalue weighted by Crippen LogP contribution is -2.48. The quantitative estimate of drug-likeness (QED) is 0.564. The monoisotopic (exact) mass is 437 g/mol. The lowest BCUT2D eigenvalue weighted by molar-refractivity contribution is 0.0521. The van der Waals surface area contributed by atoms with E-state index in [0.717, 1.165) is 45.0 Å². The van der Waals surface area contributed by atoms with E-state index in [1.54, 1.807) is 0 Å². The van der Waals surface area contributed by atoms with Crippen LogP contribution in [0.25, 0.3) is 10.9 Å². The minimum Gasteiger partial charge on any atom is -0.462 e. The predicted octanol–water partition coefficient (Wildman–Crippen LogP) is 4.05. The molecule has 3 heterocycles. The number of carbonyl (C=O) groups is 2. The summed E-state index contributed by atoms with van der Waals surface area (Å²) in [5.74, 6) is -0.222. The zero-order valence-corrected chi connectivity index (χ0v) is 19.0. The standard InChI is InChI=1S/C24H27N3O3S/c1-4-30-24(29)22-17(3)18-7-5-6-8-19(18)25-20(22)15-26-11-13-27(14-12-26)23(28)21-10-9-16(2)31-21/h5-10H,4,11-15H2,1-3H3. The van der Waals surface area contributed by atoms with Gasteiger partial charge in [0.15, 0.2) is 0 Å². The van der Waals surface area contributed by atoms with Crippen LogP contribution in [0, 0.1) is 13.8 Å². The zero-order valence-electron chi connectivity index (χ0n) is 18.2. The van der Waals surface area contributed by atoms with Gasteiger partial charge in [-0.3, -0.25) is 14.7 Å². The maximum absolute atomic E-state index is 12.7. The number of hydrogen-bond donors (Lipinski definition) is 0. The Kier molecular flexibility index (Phi) is 6.34. The van der Waals surface area contributed by atoms with Crippen LogP contribution in [-0.2, 0) is 11.3 Å². The van der Waals surface area contributed by atoms with E-state index in [1.807, 2.05) is 62.1 Å². The van der Waals surface area contributed by atoms with Crippen molar-refractivity contribution < 1.29 is 14.3 Å². The van der Waals surface area contributed by atoms with Crippen LogP contribution in [0.15, 0.2) is 36.4 Å². The molecule has 1 aliphatic rings. The topological polar surface area (TPSA) is 62.7 Å². The largest absolute Gasteiger partial charge is 0.462 e. The van der Waals surface area contributed by atoms with E-state index in [1.165, 1.54) is 11.3 Å². The van der Waals surface area contributed by atoms with Crippen LogP contribution in [0.1, 0.15) is 43.1 Å². The number of pyridine rings is 1. The Bertz CT molecular complexity index is 1120. The molecule has 162 valence electrons. The smallest absolute Gasteiger partial charge is 0.340 e. The minimum atomic E-state index is -0.324. The number of benzene rings is 1. The number of hydrogen-bond acceptors (Lipinski definition) is 6. The van der Waals surface area contributed by atoms with Crippen molar-refractivity contribution in [1.82, 2.24) is 14.8 Å². The van der Waals surface area contributed by atoms with Gasteiger partial charge in [-0.2, -0.15) is 0 Å². The lowest BCUT2D eigenvalue weighted by Gasteiger charge is -2.34. The van der Waals surface area contributed by atoms with Gasteiger partial charge < -0.3 is 9.64 Å². The van der Waals surface area contributed by atoms with Gasteiger partial charge in [0.25, 0.3) is 5.91 Å². The van der Waals surface area contributed by atoms with Crippen molar-refractivity contribution in [3.63, 3.8) is 0 Å². The Hall–Kier alpha value is -2.77. The molecular formula is C24H27N3O3S. The van der Waals surface area contributed by atoms with Crippen LogP contribution >= 0.6 is 11.3 Å². The number of esters is 1. The molecule has 4 rings (SSSR count).